The van der Waals surface area contributed by atoms with Gasteiger partial charge in [0.15, 0.2) is 5.11 Å². The number of rotatable bonds is 7. The Morgan fingerprint density at radius 3 is 2.72 bits per heavy atom. The quantitative estimate of drug-likeness (QED) is 0.565. The smallest absolute Gasteiger partial charge is 0.170 e. The Morgan fingerprint density at radius 2 is 2.00 bits per heavy atom. The van der Waals surface area contributed by atoms with Gasteiger partial charge < -0.3 is 10.6 Å². The summed E-state index contributed by atoms with van der Waals surface area (Å²) in [4.78, 5) is 0. The molecule has 0 spiro atoms. The molecular weight excluding hydrogens is 264 g/mol. The van der Waals surface area contributed by atoms with Gasteiger partial charge in [0.1, 0.15) is 0 Å². The molecule has 0 aliphatic heterocycles. The number of benzene rings is 1. The Morgan fingerprint density at radius 1 is 1.22 bits per heavy atom. The van der Waals surface area contributed by atoms with Crippen LogP contribution >= 0.6 is 23.8 Å². The molecular formula is C14H21ClN2S. The van der Waals surface area contributed by atoms with Gasteiger partial charge in [0.25, 0.3) is 0 Å². The maximum Gasteiger partial charge on any atom is 0.170 e. The zero-order valence-electron chi connectivity index (χ0n) is 10.8. The highest BCUT2D eigenvalue weighted by molar-refractivity contribution is 7.80. The van der Waals surface area contributed by atoms with Gasteiger partial charge in [0, 0.05) is 17.3 Å². The Bertz CT molecular complexity index is 369. The largest absolute Gasteiger partial charge is 0.362 e. The van der Waals surface area contributed by atoms with Gasteiger partial charge in [-0.1, -0.05) is 50.3 Å². The van der Waals surface area contributed by atoms with E-state index in [1.165, 1.54) is 25.7 Å². The lowest BCUT2D eigenvalue weighted by atomic mass is 10.1. The van der Waals surface area contributed by atoms with Crippen LogP contribution in [0.3, 0.4) is 0 Å². The van der Waals surface area contributed by atoms with Crippen LogP contribution < -0.4 is 10.6 Å². The predicted molar refractivity (Wildman–Crippen MR) is 84.4 cm³/mol. The molecule has 0 unspecified atom stereocenters. The normalized spacial score (nSPS) is 10.1. The number of halogens is 1. The first-order chi connectivity index (χ1) is 8.72. The van der Waals surface area contributed by atoms with E-state index in [0.29, 0.717) is 10.1 Å². The van der Waals surface area contributed by atoms with E-state index in [1.54, 1.807) is 0 Å². The minimum Gasteiger partial charge on any atom is -0.362 e. The monoisotopic (exact) mass is 284 g/mol. The highest BCUT2D eigenvalue weighted by atomic mass is 35.5. The molecule has 2 nitrogen and oxygen atoms in total. The van der Waals surface area contributed by atoms with Crippen molar-refractivity contribution in [3.63, 3.8) is 0 Å². The molecule has 0 fully saturated rings. The van der Waals surface area contributed by atoms with Crippen molar-refractivity contribution in [1.29, 1.82) is 0 Å². The van der Waals surface area contributed by atoms with E-state index in [4.69, 9.17) is 23.8 Å². The second-order valence-corrected chi connectivity index (χ2v) is 5.15. The van der Waals surface area contributed by atoms with Crippen LogP contribution in [-0.4, -0.2) is 11.7 Å². The molecule has 0 radical (unpaired) electrons. The SMILES string of the molecule is CCCCCCCNC(=S)Nc1cccc(Cl)c1. The summed E-state index contributed by atoms with van der Waals surface area (Å²) < 4.78 is 0. The molecule has 1 rings (SSSR count). The highest BCUT2D eigenvalue weighted by Crippen LogP contribution is 2.14. The molecule has 2 N–H and O–H groups in total. The molecule has 100 valence electrons. The lowest BCUT2D eigenvalue weighted by Crippen LogP contribution is -2.29. The Kier molecular flexibility index (Phi) is 7.78. The van der Waals surface area contributed by atoms with Crippen molar-refractivity contribution in [2.24, 2.45) is 0 Å². The standard InChI is InChI=1S/C14H21ClN2S/c1-2-3-4-5-6-10-16-14(18)17-13-9-7-8-12(15)11-13/h7-9,11H,2-6,10H2,1H3,(H2,16,17,18). The predicted octanol–water partition coefficient (Wildman–Crippen LogP) is 4.60. The first kappa shape index (κ1) is 15.3. The zero-order chi connectivity index (χ0) is 13.2. The molecule has 0 amide bonds. The zero-order valence-corrected chi connectivity index (χ0v) is 12.4. The van der Waals surface area contributed by atoms with E-state index in [1.807, 2.05) is 24.3 Å². The number of hydrogen-bond donors (Lipinski definition) is 2. The summed E-state index contributed by atoms with van der Waals surface area (Å²) in [5.74, 6) is 0. The van der Waals surface area contributed by atoms with Gasteiger partial charge in [0.2, 0.25) is 0 Å². The summed E-state index contributed by atoms with van der Waals surface area (Å²) in [6, 6.07) is 7.55. The first-order valence-corrected chi connectivity index (χ1v) is 7.31. The molecule has 0 aliphatic carbocycles. The van der Waals surface area contributed by atoms with E-state index >= 15 is 0 Å². The van der Waals surface area contributed by atoms with Gasteiger partial charge in [-0.15, -0.1) is 0 Å². The minimum atomic E-state index is 0.660. The molecule has 0 bridgehead atoms. The molecule has 0 saturated heterocycles. The van der Waals surface area contributed by atoms with E-state index in [0.717, 1.165) is 18.7 Å². The van der Waals surface area contributed by atoms with E-state index in [-0.39, 0.29) is 0 Å². The number of unbranched alkanes of at least 4 members (excludes halogenated alkanes) is 4. The third kappa shape index (κ3) is 6.82. The molecule has 1 aromatic rings. The summed E-state index contributed by atoms with van der Waals surface area (Å²) in [6.07, 6.45) is 6.35. The van der Waals surface area contributed by atoms with Crippen molar-refractivity contribution in [3.05, 3.63) is 29.3 Å². The van der Waals surface area contributed by atoms with Crippen LogP contribution in [0.25, 0.3) is 0 Å². The van der Waals surface area contributed by atoms with Crippen molar-refractivity contribution in [2.75, 3.05) is 11.9 Å². The summed E-state index contributed by atoms with van der Waals surface area (Å²) >= 11 is 11.1. The molecule has 1 aromatic carbocycles. The summed E-state index contributed by atoms with van der Waals surface area (Å²) in [5, 5.41) is 7.70. The van der Waals surface area contributed by atoms with E-state index in [2.05, 4.69) is 17.6 Å². The third-order valence-electron chi connectivity index (χ3n) is 2.65. The second kappa shape index (κ2) is 9.17. The molecule has 0 aromatic heterocycles. The molecule has 0 atom stereocenters. The van der Waals surface area contributed by atoms with Crippen molar-refractivity contribution >= 4 is 34.6 Å². The topological polar surface area (TPSA) is 24.1 Å². The lowest BCUT2D eigenvalue weighted by molar-refractivity contribution is 0.625. The van der Waals surface area contributed by atoms with Crippen LogP contribution in [0.1, 0.15) is 39.0 Å². The minimum absolute atomic E-state index is 0.660. The fraction of sp³-hybridized carbons (Fsp3) is 0.500. The lowest BCUT2D eigenvalue weighted by Gasteiger charge is -2.10. The Labute approximate surface area is 120 Å². The summed E-state index contributed by atoms with van der Waals surface area (Å²) in [6.45, 7) is 3.15. The maximum absolute atomic E-state index is 5.90. The second-order valence-electron chi connectivity index (χ2n) is 4.31. The molecule has 0 saturated carbocycles. The van der Waals surface area contributed by atoms with Crippen molar-refractivity contribution < 1.29 is 0 Å². The summed E-state index contributed by atoms with van der Waals surface area (Å²) in [5.41, 5.74) is 0.922. The van der Waals surface area contributed by atoms with Crippen LogP contribution in [0.5, 0.6) is 0 Å². The van der Waals surface area contributed by atoms with Crippen molar-refractivity contribution in [2.45, 2.75) is 39.0 Å². The van der Waals surface area contributed by atoms with Gasteiger partial charge in [-0.05, 0) is 36.8 Å². The number of hydrogen-bond acceptors (Lipinski definition) is 1. The van der Waals surface area contributed by atoms with Crippen molar-refractivity contribution in [1.82, 2.24) is 5.32 Å². The van der Waals surface area contributed by atoms with Crippen LogP contribution in [-0.2, 0) is 0 Å². The van der Waals surface area contributed by atoms with Crippen molar-refractivity contribution in [3.8, 4) is 0 Å². The van der Waals surface area contributed by atoms with Crippen LogP contribution in [0.15, 0.2) is 24.3 Å². The fourth-order valence-corrected chi connectivity index (χ4v) is 2.08. The van der Waals surface area contributed by atoms with Crippen LogP contribution in [0, 0.1) is 0 Å². The Balaban J connectivity index is 2.14. The number of nitrogens with one attached hydrogen (secondary N) is 2. The molecule has 18 heavy (non-hydrogen) atoms. The molecule has 0 aliphatic rings. The highest BCUT2D eigenvalue weighted by Gasteiger charge is 1.97. The van der Waals surface area contributed by atoms with Gasteiger partial charge in [0.05, 0.1) is 0 Å². The Hall–Kier alpha value is -0.800. The van der Waals surface area contributed by atoms with Crippen LogP contribution in [0.2, 0.25) is 5.02 Å². The van der Waals surface area contributed by atoms with Gasteiger partial charge in [-0.2, -0.15) is 0 Å². The average molecular weight is 285 g/mol. The molecule has 4 heteroatoms. The average Bonchev–Trinajstić information content (AvgIpc) is 2.33. The molecule has 0 heterocycles. The van der Waals surface area contributed by atoms with E-state index < -0.39 is 0 Å². The first-order valence-electron chi connectivity index (χ1n) is 6.53. The fourth-order valence-electron chi connectivity index (χ4n) is 1.67. The van der Waals surface area contributed by atoms with Crippen LogP contribution in [0.4, 0.5) is 5.69 Å². The number of thiocarbonyl (C=S) groups is 1. The maximum atomic E-state index is 5.90. The van der Waals surface area contributed by atoms with Gasteiger partial charge in [-0.3, -0.25) is 0 Å². The third-order valence-corrected chi connectivity index (χ3v) is 3.13. The van der Waals surface area contributed by atoms with Gasteiger partial charge >= 0.3 is 0 Å². The summed E-state index contributed by atoms with van der Waals surface area (Å²) in [7, 11) is 0. The van der Waals surface area contributed by atoms with Gasteiger partial charge in [-0.25, -0.2) is 0 Å². The van der Waals surface area contributed by atoms with E-state index in [9.17, 15) is 0 Å². The number of anilines is 1.